The Morgan fingerprint density at radius 2 is 1.04 bits per heavy atom. The van der Waals surface area contributed by atoms with Crippen LogP contribution in [0.4, 0.5) is 0 Å². The Labute approximate surface area is 266 Å². The van der Waals surface area contributed by atoms with Gasteiger partial charge in [-0.25, -0.2) is 0 Å². The van der Waals surface area contributed by atoms with Crippen LogP contribution in [0.15, 0.2) is 164 Å². The van der Waals surface area contributed by atoms with Gasteiger partial charge in [-0.3, -0.25) is 0 Å². The average Bonchev–Trinajstić information content (AvgIpc) is 3.47. The first kappa shape index (κ1) is 25.2. The number of aromatic nitrogens is 1. The topological polar surface area (TPSA) is 14.2 Å². The lowest BCUT2D eigenvalue weighted by Crippen LogP contribution is -1.98. The smallest absolute Gasteiger partial charge is 0.135 e. The zero-order valence-corrected chi connectivity index (χ0v) is 24.9. The van der Waals surface area contributed by atoms with E-state index in [1.54, 1.807) is 0 Å². The number of nitrogens with zero attached hydrogens (tertiary/aromatic N) is 1. The summed E-state index contributed by atoms with van der Waals surface area (Å²) in [7, 11) is 0. The van der Waals surface area contributed by atoms with Crippen LogP contribution < -0.4 is 4.74 Å². The number of fused-ring (bicyclic) bond motifs is 7. The molecule has 2 heteroatoms. The zero-order valence-electron chi connectivity index (χ0n) is 24.9. The molecule has 0 radical (unpaired) electrons. The van der Waals surface area contributed by atoms with Crippen molar-refractivity contribution in [3.63, 3.8) is 0 Å². The van der Waals surface area contributed by atoms with E-state index < -0.39 is 0 Å². The van der Waals surface area contributed by atoms with Gasteiger partial charge in [0.25, 0.3) is 0 Å². The number of ether oxygens (including phenoxy) is 1. The molecule has 0 saturated carbocycles. The van der Waals surface area contributed by atoms with Crippen LogP contribution in [0.3, 0.4) is 0 Å². The molecule has 214 valence electrons. The summed E-state index contributed by atoms with van der Waals surface area (Å²) in [4.78, 5) is 0. The molecule has 1 aliphatic heterocycles. The van der Waals surface area contributed by atoms with E-state index in [4.69, 9.17) is 4.74 Å². The SMILES string of the molecule is c1ccc2c(c1)Oc1ccc(-c3ccc(-c4ccccc4-n4c5ccccc5c5ccc6ccccc6c54)cc3)c3cccc-2c13. The van der Waals surface area contributed by atoms with Crippen molar-refractivity contribution in [3.8, 4) is 50.6 Å². The molecule has 0 spiro atoms. The fraction of sp³-hybridized carbons (Fsp3) is 0. The summed E-state index contributed by atoms with van der Waals surface area (Å²) >= 11 is 0. The van der Waals surface area contributed by atoms with Gasteiger partial charge in [-0.2, -0.15) is 0 Å². The van der Waals surface area contributed by atoms with Crippen LogP contribution in [0, 0.1) is 0 Å². The summed E-state index contributed by atoms with van der Waals surface area (Å²) in [5.41, 5.74) is 10.8. The van der Waals surface area contributed by atoms with E-state index in [1.807, 2.05) is 12.1 Å². The van der Waals surface area contributed by atoms with Crippen molar-refractivity contribution in [2.75, 3.05) is 0 Å². The predicted octanol–water partition coefficient (Wildman–Crippen LogP) is 12.2. The molecule has 0 aliphatic carbocycles. The first-order valence-corrected chi connectivity index (χ1v) is 15.8. The third kappa shape index (κ3) is 3.59. The minimum absolute atomic E-state index is 0.912. The van der Waals surface area contributed by atoms with Gasteiger partial charge in [0.05, 0.1) is 16.7 Å². The maximum absolute atomic E-state index is 6.35. The Morgan fingerprint density at radius 1 is 0.370 bits per heavy atom. The van der Waals surface area contributed by atoms with Crippen LogP contribution in [0.5, 0.6) is 11.5 Å². The lowest BCUT2D eigenvalue weighted by atomic mass is 9.90. The van der Waals surface area contributed by atoms with Crippen LogP contribution in [-0.4, -0.2) is 4.57 Å². The fourth-order valence-corrected chi connectivity index (χ4v) is 7.55. The Morgan fingerprint density at radius 3 is 1.93 bits per heavy atom. The summed E-state index contributed by atoms with van der Waals surface area (Å²) in [6.45, 7) is 0. The average molecular weight is 586 g/mol. The minimum Gasteiger partial charge on any atom is -0.456 e. The van der Waals surface area contributed by atoms with E-state index in [2.05, 4.69) is 156 Å². The largest absolute Gasteiger partial charge is 0.456 e. The number of para-hydroxylation sites is 3. The molecule has 0 N–H and O–H groups in total. The third-order valence-corrected chi connectivity index (χ3v) is 9.61. The lowest BCUT2D eigenvalue weighted by Gasteiger charge is -2.22. The number of rotatable bonds is 3. The van der Waals surface area contributed by atoms with E-state index in [0.717, 1.165) is 17.1 Å². The Kier molecular flexibility index (Phi) is 5.31. The number of hydrogen-bond donors (Lipinski definition) is 0. The maximum Gasteiger partial charge on any atom is 0.135 e. The van der Waals surface area contributed by atoms with Crippen LogP contribution in [-0.2, 0) is 0 Å². The van der Waals surface area contributed by atoms with Crippen molar-refractivity contribution in [1.29, 1.82) is 0 Å². The Balaban J connectivity index is 1.14. The Bertz CT molecular complexity index is 2660. The predicted molar refractivity (Wildman–Crippen MR) is 192 cm³/mol. The van der Waals surface area contributed by atoms with Crippen LogP contribution in [0.25, 0.3) is 82.4 Å². The first-order chi connectivity index (χ1) is 22.8. The van der Waals surface area contributed by atoms with E-state index in [9.17, 15) is 0 Å². The molecule has 46 heavy (non-hydrogen) atoms. The van der Waals surface area contributed by atoms with Gasteiger partial charge in [0.1, 0.15) is 11.5 Å². The molecule has 0 unspecified atom stereocenters. The van der Waals surface area contributed by atoms with Gasteiger partial charge < -0.3 is 9.30 Å². The highest BCUT2D eigenvalue weighted by atomic mass is 16.5. The van der Waals surface area contributed by atoms with E-state index in [-0.39, 0.29) is 0 Å². The number of benzene rings is 8. The summed E-state index contributed by atoms with van der Waals surface area (Å²) in [6.07, 6.45) is 0. The van der Waals surface area contributed by atoms with Crippen molar-refractivity contribution in [1.82, 2.24) is 4.57 Å². The highest BCUT2D eigenvalue weighted by molar-refractivity contribution is 6.19. The van der Waals surface area contributed by atoms with Crippen LogP contribution >= 0.6 is 0 Å². The zero-order chi connectivity index (χ0) is 30.2. The highest BCUT2D eigenvalue weighted by Gasteiger charge is 2.22. The van der Waals surface area contributed by atoms with E-state index in [0.29, 0.717) is 0 Å². The molecule has 0 saturated heterocycles. The van der Waals surface area contributed by atoms with Crippen molar-refractivity contribution >= 4 is 43.4 Å². The maximum atomic E-state index is 6.35. The van der Waals surface area contributed by atoms with Crippen molar-refractivity contribution in [2.45, 2.75) is 0 Å². The van der Waals surface area contributed by atoms with Gasteiger partial charge in [0.2, 0.25) is 0 Å². The third-order valence-electron chi connectivity index (χ3n) is 9.61. The lowest BCUT2D eigenvalue weighted by molar-refractivity contribution is 0.487. The molecule has 9 aromatic rings. The summed E-state index contributed by atoms with van der Waals surface area (Å²) in [5.74, 6) is 1.83. The molecule has 1 aliphatic rings. The van der Waals surface area contributed by atoms with Crippen molar-refractivity contribution < 1.29 is 4.74 Å². The molecule has 8 aromatic carbocycles. The summed E-state index contributed by atoms with van der Waals surface area (Å²) in [6, 6.07) is 59.0. The molecule has 0 bridgehead atoms. The summed E-state index contributed by atoms with van der Waals surface area (Å²) in [5, 5.41) is 7.42. The standard InChI is InChI=1S/C44H27NO/c1-2-12-33-28(10-1)24-25-38-34-13-4-7-18-40(34)45(44(33)38)39-17-6-3-11-32(39)30-22-20-29(21-23-30)31-26-27-42-43-36(31)15-9-16-37(43)35-14-5-8-19-41(35)46-42/h1-27H. The second kappa shape index (κ2) is 9.69. The first-order valence-electron chi connectivity index (χ1n) is 15.8. The fourth-order valence-electron chi connectivity index (χ4n) is 7.55. The summed E-state index contributed by atoms with van der Waals surface area (Å²) < 4.78 is 8.81. The molecular weight excluding hydrogens is 558 g/mol. The van der Waals surface area contributed by atoms with Gasteiger partial charge >= 0.3 is 0 Å². The van der Waals surface area contributed by atoms with Crippen LogP contribution in [0.1, 0.15) is 0 Å². The second-order valence-corrected chi connectivity index (χ2v) is 12.1. The molecule has 10 rings (SSSR count). The normalized spacial score (nSPS) is 12.1. The van der Waals surface area contributed by atoms with Crippen LogP contribution in [0.2, 0.25) is 0 Å². The monoisotopic (exact) mass is 585 g/mol. The van der Waals surface area contributed by atoms with Crippen molar-refractivity contribution in [3.05, 3.63) is 164 Å². The molecule has 2 nitrogen and oxygen atoms in total. The number of hydrogen-bond acceptors (Lipinski definition) is 1. The molecular formula is C44H27NO. The van der Waals surface area contributed by atoms with Crippen molar-refractivity contribution in [2.24, 2.45) is 0 Å². The van der Waals surface area contributed by atoms with Gasteiger partial charge in [-0.15, -0.1) is 0 Å². The molecule has 0 amide bonds. The molecule has 0 fully saturated rings. The highest BCUT2D eigenvalue weighted by Crippen LogP contribution is 2.48. The Hall–Kier alpha value is -6.12. The molecule has 0 atom stereocenters. The molecule has 1 aromatic heterocycles. The molecule has 2 heterocycles. The second-order valence-electron chi connectivity index (χ2n) is 12.1. The van der Waals surface area contributed by atoms with Gasteiger partial charge in [0.15, 0.2) is 0 Å². The quantitative estimate of drug-likeness (QED) is 0.201. The van der Waals surface area contributed by atoms with Gasteiger partial charge in [-0.1, -0.05) is 140 Å². The van der Waals surface area contributed by atoms with Gasteiger partial charge in [-0.05, 0) is 57.3 Å². The van der Waals surface area contributed by atoms with Gasteiger partial charge in [0, 0.05) is 32.7 Å². The van der Waals surface area contributed by atoms with E-state index in [1.165, 1.54) is 76.9 Å². The minimum atomic E-state index is 0.912. The van der Waals surface area contributed by atoms with E-state index >= 15 is 0 Å².